The molecular formula is C17H25N3O2. The zero-order valence-corrected chi connectivity index (χ0v) is 13.7. The van der Waals surface area contributed by atoms with Gasteiger partial charge in [0, 0.05) is 17.6 Å². The first-order chi connectivity index (χ1) is 10.3. The van der Waals surface area contributed by atoms with Crippen molar-refractivity contribution in [2.24, 2.45) is 0 Å². The number of benzene rings is 1. The van der Waals surface area contributed by atoms with E-state index in [1.165, 1.54) is 11.1 Å². The number of nitrogens with one attached hydrogen (secondary N) is 2. The average Bonchev–Trinajstić information content (AvgIpc) is 2.96. The molecule has 4 N–H and O–H groups in total. The summed E-state index contributed by atoms with van der Waals surface area (Å²) in [6.07, 6.45) is 2.13. The summed E-state index contributed by atoms with van der Waals surface area (Å²) >= 11 is 0. The van der Waals surface area contributed by atoms with Gasteiger partial charge in [-0.3, -0.25) is 5.10 Å². The Morgan fingerprint density at radius 1 is 1.32 bits per heavy atom. The number of H-pyrrole nitrogens is 1. The third-order valence-electron chi connectivity index (χ3n) is 4.76. The van der Waals surface area contributed by atoms with E-state index in [2.05, 4.69) is 49.3 Å². The first-order valence-electron chi connectivity index (χ1n) is 7.80. The smallest absolute Gasteiger partial charge is 0.0942 e. The van der Waals surface area contributed by atoms with Crippen LogP contribution in [0.4, 0.5) is 5.69 Å². The molecule has 0 bridgehead atoms. The van der Waals surface area contributed by atoms with Gasteiger partial charge in [0.2, 0.25) is 0 Å². The van der Waals surface area contributed by atoms with Crippen LogP contribution in [0.25, 0.3) is 10.9 Å². The quantitative estimate of drug-likeness (QED) is 0.698. The van der Waals surface area contributed by atoms with Crippen molar-refractivity contribution in [3.8, 4) is 0 Å². The van der Waals surface area contributed by atoms with Crippen LogP contribution in [0, 0.1) is 0 Å². The number of hydrogen-bond acceptors (Lipinski definition) is 4. The van der Waals surface area contributed by atoms with Gasteiger partial charge in [0.15, 0.2) is 0 Å². The van der Waals surface area contributed by atoms with E-state index in [1.54, 1.807) is 0 Å². The predicted molar refractivity (Wildman–Crippen MR) is 88.3 cm³/mol. The summed E-state index contributed by atoms with van der Waals surface area (Å²) in [6, 6.07) is 2.21. The Balaban J connectivity index is 2.19. The van der Waals surface area contributed by atoms with E-state index in [-0.39, 0.29) is 17.4 Å². The molecule has 1 unspecified atom stereocenters. The minimum atomic E-state index is -0.768. The van der Waals surface area contributed by atoms with Gasteiger partial charge in [-0.05, 0) is 34.4 Å². The molecule has 0 amide bonds. The highest BCUT2D eigenvalue weighted by molar-refractivity contribution is 5.95. The highest BCUT2D eigenvalue weighted by Gasteiger charge is 2.44. The van der Waals surface area contributed by atoms with E-state index < -0.39 is 6.10 Å². The molecule has 0 saturated carbocycles. The minimum absolute atomic E-state index is 0.0524. The predicted octanol–water partition coefficient (Wildman–Crippen LogP) is 2.29. The zero-order valence-electron chi connectivity index (χ0n) is 13.7. The summed E-state index contributed by atoms with van der Waals surface area (Å²) in [6.45, 7) is 9.15. The molecule has 120 valence electrons. The topological polar surface area (TPSA) is 81.2 Å². The van der Waals surface area contributed by atoms with Crippen molar-refractivity contribution < 1.29 is 10.2 Å². The van der Waals surface area contributed by atoms with Crippen LogP contribution in [-0.2, 0) is 10.8 Å². The second-order valence-electron chi connectivity index (χ2n) is 7.67. The third kappa shape index (κ3) is 2.29. The number of aromatic amines is 1. The van der Waals surface area contributed by atoms with Gasteiger partial charge in [-0.15, -0.1) is 0 Å². The maximum absolute atomic E-state index is 9.69. The van der Waals surface area contributed by atoms with Gasteiger partial charge >= 0.3 is 0 Å². The summed E-state index contributed by atoms with van der Waals surface area (Å²) < 4.78 is 0. The SMILES string of the molecule is CC1(C)CC(C)(C)c2c1cc1[nH]ncc1c2NCC(O)CO. The van der Waals surface area contributed by atoms with Gasteiger partial charge in [0.1, 0.15) is 0 Å². The highest BCUT2D eigenvalue weighted by atomic mass is 16.3. The number of aromatic nitrogens is 2. The molecule has 0 radical (unpaired) electrons. The van der Waals surface area contributed by atoms with Crippen LogP contribution >= 0.6 is 0 Å². The number of rotatable bonds is 4. The molecule has 0 saturated heterocycles. The van der Waals surface area contributed by atoms with E-state index in [0.29, 0.717) is 6.54 Å². The van der Waals surface area contributed by atoms with Gasteiger partial charge in [-0.1, -0.05) is 27.7 Å². The highest BCUT2D eigenvalue weighted by Crippen LogP contribution is 2.53. The number of nitrogens with zero attached hydrogens (tertiary/aromatic N) is 1. The molecule has 1 atom stereocenters. The van der Waals surface area contributed by atoms with Crippen LogP contribution < -0.4 is 5.32 Å². The van der Waals surface area contributed by atoms with Crippen molar-refractivity contribution in [3.05, 3.63) is 23.4 Å². The molecule has 5 heteroatoms. The second-order valence-corrected chi connectivity index (χ2v) is 7.67. The lowest BCUT2D eigenvalue weighted by Crippen LogP contribution is -2.25. The maximum Gasteiger partial charge on any atom is 0.0942 e. The summed E-state index contributed by atoms with van der Waals surface area (Å²) in [7, 11) is 0. The summed E-state index contributed by atoms with van der Waals surface area (Å²) in [5.41, 5.74) is 4.82. The molecule has 3 rings (SSSR count). The molecule has 1 heterocycles. The molecule has 2 aromatic rings. The number of aliphatic hydroxyl groups excluding tert-OH is 2. The molecule has 1 aromatic carbocycles. The molecule has 1 aromatic heterocycles. The molecule has 0 spiro atoms. The van der Waals surface area contributed by atoms with Crippen LogP contribution in [0.5, 0.6) is 0 Å². The zero-order chi connectivity index (χ0) is 16.1. The van der Waals surface area contributed by atoms with E-state index in [9.17, 15) is 5.11 Å². The number of aliphatic hydroxyl groups is 2. The van der Waals surface area contributed by atoms with Crippen molar-refractivity contribution in [1.29, 1.82) is 0 Å². The average molecular weight is 303 g/mol. The third-order valence-corrected chi connectivity index (χ3v) is 4.76. The van der Waals surface area contributed by atoms with Gasteiger partial charge in [-0.2, -0.15) is 5.10 Å². The summed E-state index contributed by atoms with van der Waals surface area (Å²) in [5.74, 6) is 0. The first-order valence-corrected chi connectivity index (χ1v) is 7.80. The Morgan fingerprint density at radius 3 is 2.73 bits per heavy atom. The van der Waals surface area contributed by atoms with Gasteiger partial charge in [0.05, 0.1) is 24.4 Å². The Bertz CT molecular complexity index is 703. The van der Waals surface area contributed by atoms with Crippen molar-refractivity contribution in [1.82, 2.24) is 10.2 Å². The molecule has 22 heavy (non-hydrogen) atoms. The monoisotopic (exact) mass is 303 g/mol. The summed E-state index contributed by atoms with van der Waals surface area (Å²) in [4.78, 5) is 0. The fraction of sp³-hybridized carbons (Fsp3) is 0.588. The molecule has 0 fully saturated rings. The lowest BCUT2D eigenvalue weighted by atomic mass is 9.81. The fourth-order valence-electron chi connectivity index (χ4n) is 4.08. The summed E-state index contributed by atoms with van der Waals surface area (Å²) in [5, 5.41) is 30.4. The minimum Gasteiger partial charge on any atom is -0.394 e. The number of fused-ring (bicyclic) bond motifs is 2. The normalized spacial score (nSPS) is 20.1. The first kappa shape index (κ1) is 15.3. The fourth-order valence-corrected chi connectivity index (χ4v) is 4.08. The Hall–Kier alpha value is -1.59. The van der Waals surface area contributed by atoms with E-state index in [4.69, 9.17) is 5.11 Å². The maximum atomic E-state index is 9.69. The lowest BCUT2D eigenvalue weighted by molar-refractivity contribution is 0.105. The van der Waals surface area contributed by atoms with Crippen LogP contribution in [0.1, 0.15) is 45.2 Å². The Morgan fingerprint density at radius 2 is 2.05 bits per heavy atom. The van der Waals surface area contributed by atoms with E-state index in [0.717, 1.165) is 23.0 Å². The molecule has 1 aliphatic carbocycles. The molecular weight excluding hydrogens is 278 g/mol. The second kappa shape index (κ2) is 4.96. The van der Waals surface area contributed by atoms with Crippen LogP contribution in [0.15, 0.2) is 12.3 Å². The molecule has 5 nitrogen and oxygen atoms in total. The largest absolute Gasteiger partial charge is 0.394 e. The van der Waals surface area contributed by atoms with E-state index >= 15 is 0 Å². The standard InChI is InChI=1S/C17H25N3O2/c1-16(2)9-17(3,4)14-12(16)5-13-11(7-19-20-13)15(14)18-6-10(22)8-21/h5,7,10,18,21-22H,6,8-9H2,1-4H3,(H,19,20). The van der Waals surface area contributed by atoms with E-state index in [1.807, 2.05) is 6.20 Å². The number of anilines is 1. The van der Waals surface area contributed by atoms with Crippen molar-refractivity contribution in [2.75, 3.05) is 18.5 Å². The van der Waals surface area contributed by atoms with Crippen molar-refractivity contribution >= 4 is 16.6 Å². The molecule has 0 aliphatic heterocycles. The van der Waals surface area contributed by atoms with Crippen molar-refractivity contribution in [3.63, 3.8) is 0 Å². The van der Waals surface area contributed by atoms with Crippen LogP contribution in [-0.4, -0.2) is 39.7 Å². The van der Waals surface area contributed by atoms with Crippen LogP contribution in [0.3, 0.4) is 0 Å². The lowest BCUT2D eigenvalue weighted by Gasteiger charge is -2.24. The van der Waals surface area contributed by atoms with Gasteiger partial charge in [-0.25, -0.2) is 0 Å². The van der Waals surface area contributed by atoms with Crippen molar-refractivity contribution in [2.45, 2.75) is 51.0 Å². The Kier molecular flexibility index (Phi) is 3.45. The van der Waals surface area contributed by atoms with Gasteiger partial charge < -0.3 is 15.5 Å². The molecule has 1 aliphatic rings. The van der Waals surface area contributed by atoms with Crippen LogP contribution in [0.2, 0.25) is 0 Å². The number of hydrogen-bond donors (Lipinski definition) is 4. The van der Waals surface area contributed by atoms with Gasteiger partial charge in [0.25, 0.3) is 0 Å². The Labute approximate surface area is 130 Å².